The lowest BCUT2D eigenvalue weighted by atomic mass is 10.0. The van der Waals surface area contributed by atoms with Crippen LogP contribution in [0, 0.1) is 0 Å². The number of ketones is 1. The van der Waals surface area contributed by atoms with E-state index >= 15 is 0 Å². The van der Waals surface area contributed by atoms with Gasteiger partial charge in [-0.25, -0.2) is 4.79 Å². The van der Waals surface area contributed by atoms with Gasteiger partial charge in [0, 0.05) is 12.0 Å². The Kier molecular flexibility index (Phi) is 7.98. The summed E-state index contributed by atoms with van der Waals surface area (Å²) in [6.07, 6.45) is -0.619. The molecule has 0 aliphatic heterocycles. The molecule has 0 bridgehead atoms. The summed E-state index contributed by atoms with van der Waals surface area (Å²) < 4.78 is 10.8. The Morgan fingerprint density at radius 2 is 1.63 bits per heavy atom. The fraction of sp³-hybridized carbons (Fsp3) is 0.348. The van der Waals surface area contributed by atoms with Crippen molar-refractivity contribution in [3.8, 4) is 5.75 Å². The van der Waals surface area contributed by atoms with Crippen molar-refractivity contribution in [3.63, 3.8) is 0 Å². The van der Waals surface area contributed by atoms with E-state index in [1.807, 2.05) is 30.3 Å². The Morgan fingerprint density at radius 3 is 2.20 bits per heavy atom. The highest BCUT2D eigenvalue weighted by molar-refractivity contribution is 5.96. The number of carbonyl (C=O) groups excluding carboxylic acids is 3. The molecule has 3 N–H and O–H groups in total. The molecule has 0 heterocycles. The zero-order chi connectivity index (χ0) is 22.1. The van der Waals surface area contributed by atoms with Crippen LogP contribution in [0.15, 0.2) is 54.6 Å². The van der Waals surface area contributed by atoms with E-state index < -0.39 is 23.6 Å². The maximum absolute atomic E-state index is 12.4. The van der Waals surface area contributed by atoms with Crippen LogP contribution in [0.4, 0.5) is 4.79 Å². The second-order valence-electron chi connectivity index (χ2n) is 7.86. The van der Waals surface area contributed by atoms with Gasteiger partial charge in [0.1, 0.15) is 24.0 Å². The third-order valence-corrected chi connectivity index (χ3v) is 4.12. The second-order valence-corrected chi connectivity index (χ2v) is 7.86. The smallest absolute Gasteiger partial charge is 0.408 e. The first-order valence-electron chi connectivity index (χ1n) is 9.73. The number of amides is 2. The van der Waals surface area contributed by atoms with Gasteiger partial charge in [-0.1, -0.05) is 30.3 Å². The second kappa shape index (κ2) is 10.4. The molecular weight excluding hydrogens is 384 g/mol. The van der Waals surface area contributed by atoms with Crippen molar-refractivity contribution in [2.75, 3.05) is 0 Å². The van der Waals surface area contributed by atoms with Gasteiger partial charge in [0.05, 0.1) is 0 Å². The number of rotatable bonds is 9. The van der Waals surface area contributed by atoms with Gasteiger partial charge in [-0.2, -0.15) is 0 Å². The van der Waals surface area contributed by atoms with Crippen LogP contribution in [-0.4, -0.2) is 29.4 Å². The Labute approximate surface area is 176 Å². The summed E-state index contributed by atoms with van der Waals surface area (Å²) >= 11 is 0. The SMILES string of the molecule is CC(C)(C)OC(=O)N[C@@H](CCC(=O)c1ccc(OCc2ccccc2)cc1)C(N)=O. The van der Waals surface area contributed by atoms with Gasteiger partial charge in [-0.15, -0.1) is 0 Å². The van der Waals surface area contributed by atoms with Crippen LogP contribution in [0.3, 0.4) is 0 Å². The molecule has 0 unspecified atom stereocenters. The molecule has 0 saturated carbocycles. The monoisotopic (exact) mass is 412 g/mol. The molecular formula is C23H28N2O5. The molecule has 0 fully saturated rings. The predicted molar refractivity (Wildman–Crippen MR) is 113 cm³/mol. The zero-order valence-electron chi connectivity index (χ0n) is 17.5. The highest BCUT2D eigenvalue weighted by atomic mass is 16.6. The summed E-state index contributed by atoms with van der Waals surface area (Å²) in [5, 5.41) is 2.41. The average molecular weight is 412 g/mol. The molecule has 0 radical (unpaired) electrons. The molecule has 0 aromatic heterocycles. The number of nitrogens with one attached hydrogen (secondary N) is 1. The Bertz CT molecular complexity index is 857. The van der Waals surface area contributed by atoms with Gasteiger partial charge >= 0.3 is 6.09 Å². The molecule has 160 valence electrons. The molecule has 0 aliphatic rings. The lowest BCUT2D eigenvalue weighted by Crippen LogP contribution is -2.46. The molecule has 30 heavy (non-hydrogen) atoms. The third kappa shape index (κ3) is 7.95. The molecule has 0 saturated heterocycles. The van der Waals surface area contributed by atoms with Gasteiger partial charge in [-0.3, -0.25) is 9.59 Å². The maximum atomic E-state index is 12.4. The van der Waals surface area contributed by atoms with Crippen molar-refractivity contribution in [1.82, 2.24) is 5.32 Å². The number of primary amides is 1. The van der Waals surface area contributed by atoms with Gasteiger partial charge in [-0.05, 0) is 57.0 Å². The van der Waals surface area contributed by atoms with Crippen LogP contribution in [-0.2, 0) is 16.1 Å². The quantitative estimate of drug-likeness (QED) is 0.612. The van der Waals surface area contributed by atoms with E-state index in [0.717, 1.165) is 5.56 Å². The molecule has 7 heteroatoms. The first-order valence-corrected chi connectivity index (χ1v) is 9.73. The number of carbonyl (C=O) groups is 3. The molecule has 0 spiro atoms. The van der Waals surface area contributed by atoms with Crippen molar-refractivity contribution in [2.24, 2.45) is 5.73 Å². The number of hydrogen-bond donors (Lipinski definition) is 2. The molecule has 2 amide bonds. The number of ether oxygens (including phenoxy) is 2. The lowest BCUT2D eigenvalue weighted by Gasteiger charge is -2.22. The number of Topliss-reactive ketones (excluding diaryl/α,β-unsaturated/α-hetero) is 1. The zero-order valence-corrected chi connectivity index (χ0v) is 17.5. The minimum atomic E-state index is -0.989. The summed E-state index contributed by atoms with van der Waals surface area (Å²) in [6, 6.07) is 15.6. The van der Waals surface area contributed by atoms with E-state index in [1.165, 1.54) is 0 Å². The average Bonchev–Trinajstić information content (AvgIpc) is 2.69. The Balaban J connectivity index is 1.86. The summed E-state index contributed by atoms with van der Waals surface area (Å²) in [5.74, 6) is -0.239. The normalized spacial score (nSPS) is 12.0. The molecule has 2 aromatic carbocycles. The predicted octanol–water partition coefficient (Wildman–Crippen LogP) is 3.61. The van der Waals surface area contributed by atoms with Gasteiger partial charge in [0.2, 0.25) is 5.91 Å². The summed E-state index contributed by atoms with van der Waals surface area (Å²) in [6.45, 7) is 5.57. The van der Waals surface area contributed by atoms with Crippen molar-refractivity contribution in [2.45, 2.75) is 51.9 Å². The van der Waals surface area contributed by atoms with Gasteiger partial charge in [0.15, 0.2) is 5.78 Å². The van der Waals surface area contributed by atoms with Crippen LogP contribution < -0.4 is 15.8 Å². The van der Waals surface area contributed by atoms with Crippen molar-refractivity contribution in [3.05, 3.63) is 65.7 Å². The first kappa shape index (κ1) is 22.9. The number of nitrogens with two attached hydrogens (primary N) is 1. The number of benzene rings is 2. The van der Waals surface area contributed by atoms with E-state index in [1.54, 1.807) is 45.0 Å². The summed E-state index contributed by atoms with van der Waals surface area (Å²) in [5.41, 5.74) is 6.17. The topological polar surface area (TPSA) is 108 Å². The van der Waals surface area contributed by atoms with E-state index in [4.69, 9.17) is 15.2 Å². The van der Waals surface area contributed by atoms with Crippen LogP contribution in [0.2, 0.25) is 0 Å². The number of hydrogen-bond acceptors (Lipinski definition) is 5. The molecule has 0 aliphatic carbocycles. The van der Waals surface area contributed by atoms with E-state index in [2.05, 4.69) is 5.32 Å². The highest BCUT2D eigenvalue weighted by Crippen LogP contribution is 2.16. The maximum Gasteiger partial charge on any atom is 0.408 e. The molecule has 2 rings (SSSR count). The van der Waals surface area contributed by atoms with Crippen molar-refractivity contribution in [1.29, 1.82) is 0 Å². The first-order chi connectivity index (χ1) is 14.1. The van der Waals surface area contributed by atoms with Crippen molar-refractivity contribution < 1.29 is 23.9 Å². The van der Waals surface area contributed by atoms with Gasteiger partial charge in [0.25, 0.3) is 0 Å². The van der Waals surface area contributed by atoms with Crippen LogP contribution in [0.1, 0.15) is 49.5 Å². The molecule has 1 atom stereocenters. The Morgan fingerprint density at radius 1 is 1.00 bits per heavy atom. The van der Waals surface area contributed by atoms with Crippen LogP contribution >= 0.6 is 0 Å². The molecule has 2 aromatic rings. The van der Waals surface area contributed by atoms with E-state index in [-0.39, 0.29) is 18.6 Å². The largest absolute Gasteiger partial charge is 0.489 e. The lowest BCUT2D eigenvalue weighted by molar-refractivity contribution is -0.120. The van der Waals surface area contributed by atoms with E-state index in [9.17, 15) is 14.4 Å². The Hall–Kier alpha value is -3.35. The third-order valence-electron chi connectivity index (χ3n) is 4.12. The fourth-order valence-electron chi connectivity index (χ4n) is 2.63. The molecule has 7 nitrogen and oxygen atoms in total. The number of alkyl carbamates (subject to hydrolysis) is 1. The minimum Gasteiger partial charge on any atom is -0.489 e. The van der Waals surface area contributed by atoms with E-state index in [0.29, 0.717) is 17.9 Å². The van der Waals surface area contributed by atoms with Crippen molar-refractivity contribution >= 4 is 17.8 Å². The summed E-state index contributed by atoms with van der Waals surface area (Å²) in [4.78, 5) is 35.9. The van der Waals surface area contributed by atoms with Crippen LogP contribution in [0.5, 0.6) is 5.75 Å². The standard InChI is InChI=1S/C23H28N2O5/c1-23(2,3)30-22(28)25-19(21(24)27)13-14-20(26)17-9-11-18(12-10-17)29-15-16-7-5-4-6-8-16/h4-12,19H,13-15H2,1-3H3,(H2,24,27)(H,25,28)/t19-/m0/s1. The fourth-order valence-corrected chi connectivity index (χ4v) is 2.63. The van der Waals surface area contributed by atoms with Gasteiger partial charge < -0.3 is 20.5 Å². The minimum absolute atomic E-state index is 0.0492. The summed E-state index contributed by atoms with van der Waals surface area (Å²) in [7, 11) is 0. The highest BCUT2D eigenvalue weighted by Gasteiger charge is 2.23. The van der Waals surface area contributed by atoms with Crippen LogP contribution in [0.25, 0.3) is 0 Å².